The third-order valence-electron chi connectivity index (χ3n) is 2.82. The smallest absolute Gasteiger partial charge is 0.142 e. The van der Waals surface area contributed by atoms with E-state index in [2.05, 4.69) is 0 Å². The van der Waals surface area contributed by atoms with Crippen molar-refractivity contribution in [1.29, 1.82) is 0 Å². The Labute approximate surface area is 122 Å². The summed E-state index contributed by atoms with van der Waals surface area (Å²) in [5, 5.41) is 0. The lowest BCUT2D eigenvalue weighted by molar-refractivity contribution is -0.130. The Kier molecular flexibility index (Phi) is 12.1. The molecule has 20 heavy (non-hydrogen) atoms. The van der Waals surface area contributed by atoms with Crippen LogP contribution < -0.4 is 0 Å². The largest absolute Gasteiger partial charge is 0.299 e. The van der Waals surface area contributed by atoms with E-state index in [0.717, 1.165) is 0 Å². The molecule has 0 heterocycles. The molecule has 116 valence electrons. The lowest BCUT2D eigenvalue weighted by Gasteiger charge is -2.00. The monoisotopic (exact) mass is 284 g/mol. The SMILES string of the molecule is CCC(=O)CC(=O)C(C)C.CCC(=O)CC(=O)C(C)C. The van der Waals surface area contributed by atoms with Gasteiger partial charge in [0.25, 0.3) is 0 Å². The van der Waals surface area contributed by atoms with Gasteiger partial charge in [-0.2, -0.15) is 0 Å². The van der Waals surface area contributed by atoms with Crippen molar-refractivity contribution in [2.75, 3.05) is 0 Å². The summed E-state index contributed by atoms with van der Waals surface area (Å²) >= 11 is 0. The van der Waals surface area contributed by atoms with E-state index in [0.29, 0.717) is 12.8 Å². The molecular weight excluding hydrogens is 256 g/mol. The van der Waals surface area contributed by atoms with Gasteiger partial charge in [0.2, 0.25) is 0 Å². The molecule has 0 unspecified atom stereocenters. The molecule has 0 aromatic carbocycles. The van der Waals surface area contributed by atoms with Crippen molar-refractivity contribution in [2.45, 2.75) is 67.2 Å². The lowest BCUT2D eigenvalue weighted by Crippen LogP contribution is -2.12. The quantitative estimate of drug-likeness (QED) is 0.642. The van der Waals surface area contributed by atoms with E-state index >= 15 is 0 Å². The van der Waals surface area contributed by atoms with E-state index in [1.807, 2.05) is 27.7 Å². The van der Waals surface area contributed by atoms with Crippen LogP contribution in [0.5, 0.6) is 0 Å². The topological polar surface area (TPSA) is 68.3 Å². The van der Waals surface area contributed by atoms with E-state index in [1.54, 1.807) is 13.8 Å². The number of carbonyl (C=O) groups excluding carboxylic acids is 4. The molecule has 4 heteroatoms. The summed E-state index contributed by atoms with van der Waals surface area (Å²) in [5.74, 6) is 0.169. The Balaban J connectivity index is 0. The number of carbonyl (C=O) groups is 4. The fraction of sp³-hybridized carbons (Fsp3) is 0.750. The fourth-order valence-corrected chi connectivity index (χ4v) is 1.05. The highest BCUT2D eigenvalue weighted by Crippen LogP contribution is 2.01. The van der Waals surface area contributed by atoms with Crippen LogP contribution in [0.3, 0.4) is 0 Å². The molecule has 0 radical (unpaired) electrons. The maximum atomic E-state index is 10.9. The predicted molar refractivity (Wildman–Crippen MR) is 79.5 cm³/mol. The highest BCUT2D eigenvalue weighted by atomic mass is 16.2. The van der Waals surface area contributed by atoms with Gasteiger partial charge in [0.1, 0.15) is 23.1 Å². The molecule has 0 N–H and O–H groups in total. The van der Waals surface area contributed by atoms with Gasteiger partial charge in [-0.3, -0.25) is 19.2 Å². The maximum absolute atomic E-state index is 10.9. The minimum atomic E-state index is -0.00417. The summed E-state index contributed by atoms with van der Waals surface area (Å²) in [5.41, 5.74) is 0. The van der Waals surface area contributed by atoms with Crippen molar-refractivity contribution >= 4 is 23.1 Å². The van der Waals surface area contributed by atoms with Gasteiger partial charge in [-0.1, -0.05) is 41.5 Å². The molecule has 0 aliphatic heterocycles. The number of Topliss-reactive ketones (excluding diaryl/α,β-unsaturated/α-hetero) is 4. The van der Waals surface area contributed by atoms with Crippen molar-refractivity contribution in [3.63, 3.8) is 0 Å². The van der Waals surface area contributed by atoms with E-state index in [1.165, 1.54) is 0 Å². The Bertz CT molecular complexity index is 306. The first kappa shape index (κ1) is 21.0. The summed E-state index contributed by atoms with van der Waals surface area (Å²) in [6.45, 7) is 10.8. The van der Waals surface area contributed by atoms with Crippen LogP contribution in [-0.2, 0) is 19.2 Å². The molecule has 0 rings (SSSR count). The van der Waals surface area contributed by atoms with Crippen molar-refractivity contribution in [3.8, 4) is 0 Å². The van der Waals surface area contributed by atoms with Gasteiger partial charge >= 0.3 is 0 Å². The van der Waals surface area contributed by atoms with Gasteiger partial charge in [-0.25, -0.2) is 0 Å². The molecule has 0 bridgehead atoms. The van der Waals surface area contributed by atoms with Crippen LogP contribution in [0, 0.1) is 11.8 Å². The predicted octanol–water partition coefficient (Wildman–Crippen LogP) is 3.16. The molecule has 0 aromatic heterocycles. The lowest BCUT2D eigenvalue weighted by atomic mass is 10.0. The Morgan fingerprint density at radius 2 is 0.900 bits per heavy atom. The summed E-state index contributed by atoms with van der Waals surface area (Å²) in [4.78, 5) is 43.2. The van der Waals surface area contributed by atoms with Crippen LogP contribution in [-0.4, -0.2) is 23.1 Å². The molecule has 0 amide bonds. The standard InChI is InChI=1S/2C8H14O2/c2*1-4-7(9)5-8(10)6(2)3/h2*6H,4-5H2,1-3H3. The Morgan fingerprint density at radius 1 is 0.650 bits per heavy atom. The third-order valence-corrected chi connectivity index (χ3v) is 2.82. The molecule has 0 aromatic rings. The first-order valence-corrected chi connectivity index (χ1v) is 7.24. The van der Waals surface area contributed by atoms with E-state index in [4.69, 9.17) is 0 Å². The minimum absolute atomic E-state index is 0.00417. The summed E-state index contributed by atoms with van der Waals surface area (Å²) < 4.78 is 0. The zero-order chi connectivity index (χ0) is 16.3. The zero-order valence-electron chi connectivity index (χ0n) is 13.6. The number of hydrogen-bond donors (Lipinski definition) is 0. The first-order valence-electron chi connectivity index (χ1n) is 7.24. The van der Waals surface area contributed by atoms with Gasteiger partial charge in [-0.05, 0) is 0 Å². The van der Waals surface area contributed by atoms with Gasteiger partial charge < -0.3 is 0 Å². The summed E-state index contributed by atoms with van der Waals surface area (Å²) in [7, 11) is 0. The molecule has 0 aliphatic rings. The van der Waals surface area contributed by atoms with Gasteiger partial charge in [0.05, 0.1) is 12.8 Å². The second-order valence-electron chi connectivity index (χ2n) is 5.38. The van der Waals surface area contributed by atoms with Gasteiger partial charge in [0, 0.05) is 24.7 Å². The van der Waals surface area contributed by atoms with E-state index < -0.39 is 0 Å². The van der Waals surface area contributed by atoms with Crippen LogP contribution in [0.25, 0.3) is 0 Å². The Hall–Kier alpha value is -1.32. The van der Waals surface area contributed by atoms with Crippen molar-refractivity contribution in [1.82, 2.24) is 0 Å². The van der Waals surface area contributed by atoms with Crippen LogP contribution in [0.4, 0.5) is 0 Å². The van der Waals surface area contributed by atoms with Crippen LogP contribution >= 0.6 is 0 Å². The minimum Gasteiger partial charge on any atom is -0.299 e. The molecule has 0 aliphatic carbocycles. The third kappa shape index (κ3) is 11.8. The zero-order valence-corrected chi connectivity index (χ0v) is 13.6. The van der Waals surface area contributed by atoms with Crippen LogP contribution in [0.1, 0.15) is 67.2 Å². The number of ketones is 4. The van der Waals surface area contributed by atoms with E-state index in [-0.39, 0.29) is 47.8 Å². The first-order chi connectivity index (χ1) is 9.15. The normalized spacial score (nSPS) is 10.0. The average Bonchev–Trinajstić information content (AvgIpc) is 2.38. The van der Waals surface area contributed by atoms with Crippen molar-refractivity contribution < 1.29 is 19.2 Å². The molecule has 0 fully saturated rings. The molecule has 0 spiro atoms. The van der Waals surface area contributed by atoms with E-state index in [9.17, 15) is 19.2 Å². The second-order valence-corrected chi connectivity index (χ2v) is 5.38. The van der Waals surface area contributed by atoms with Crippen molar-refractivity contribution in [3.05, 3.63) is 0 Å². The maximum Gasteiger partial charge on any atom is 0.142 e. The Morgan fingerprint density at radius 3 is 1.05 bits per heavy atom. The van der Waals surface area contributed by atoms with Crippen LogP contribution in [0.2, 0.25) is 0 Å². The summed E-state index contributed by atoms with van der Waals surface area (Å²) in [6, 6.07) is 0. The van der Waals surface area contributed by atoms with Gasteiger partial charge in [0.15, 0.2) is 0 Å². The molecular formula is C16H28O4. The number of rotatable bonds is 8. The number of hydrogen-bond acceptors (Lipinski definition) is 4. The highest BCUT2D eigenvalue weighted by Gasteiger charge is 2.11. The second kappa shape index (κ2) is 11.5. The molecule has 0 saturated carbocycles. The highest BCUT2D eigenvalue weighted by molar-refractivity contribution is 6.00. The summed E-state index contributed by atoms with van der Waals surface area (Å²) in [6.07, 6.45) is 1.18. The fourth-order valence-electron chi connectivity index (χ4n) is 1.05. The van der Waals surface area contributed by atoms with Crippen molar-refractivity contribution in [2.24, 2.45) is 11.8 Å². The molecule has 4 nitrogen and oxygen atoms in total. The van der Waals surface area contributed by atoms with Gasteiger partial charge in [-0.15, -0.1) is 0 Å². The molecule has 0 atom stereocenters. The average molecular weight is 284 g/mol. The molecule has 0 saturated heterocycles. The van der Waals surface area contributed by atoms with Crippen LogP contribution in [0.15, 0.2) is 0 Å².